The van der Waals surface area contributed by atoms with Crippen LogP contribution in [0.25, 0.3) is 0 Å². The predicted molar refractivity (Wildman–Crippen MR) is 92.1 cm³/mol. The van der Waals surface area contributed by atoms with Crippen LogP contribution in [0.4, 0.5) is 0 Å². The van der Waals surface area contributed by atoms with Gasteiger partial charge in [0, 0.05) is 13.2 Å². The molecular formula is C16H26N2O5S. The summed E-state index contributed by atoms with van der Waals surface area (Å²) in [5.41, 5.74) is 5.77. The lowest BCUT2D eigenvalue weighted by molar-refractivity contribution is -0.118. The van der Waals surface area contributed by atoms with Gasteiger partial charge in [0.1, 0.15) is 5.75 Å². The predicted octanol–water partition coefficient (Wildman–Crippen LogP) is 1.13. The van der Waals surface area contributed by atoms with Crippen LogP contribution >= 0.6 is 0 Å². The number of amides is 1. The third-order valence-electron chi connectivity index (χ3n) is 3.28. The van der Waals surface area contributed by atoms with Gasteiger partial charge < -0.3 is 15.2 Å². The lowest BCUT2D eigenvalue weighted by atomic mass is 10.2. The molecule has 0 aliphatic carbocycles. The van der Waals surface area contributed by atoms with E-state index in [0.29, 0.717) is 17.9 Å². The highest BCUT2D eigenvalue weighted by Gasteiger charge is 2.26. The highest BCUT2D eigenvalue weighted by molar-refractivity contribution is 7.88. The third-order valence-corrected chi connectivity index (χ3v) is 5.04. The molecule has 0 heterocycles. The van der Waals surface area contributed by atoms with Crippen LogP contribution in [0.1, 0.15) is 25.8 Å². The monoisotopic (exact) mass is 358 g/mol. The molecule has 0 fully saturated rings. The Bertz CT molecular complexity index is 633. The van der Waals surface area contributed by atoms with Gasteiger partial charge in [-0.15, -0.1) is 0 Å². The average Bonchev–Trinajstić information content (AvgIpc) is 2.51. The lowest BCUT2D eigenvalue weighted by Gasteiger charge is -2.24. The van der Waals surface area contributed by atoms with Crippen LogP contribution in [0.2, 0.25) is 0 Å². The first-order chi connectivity index (χ1) is 11.3. The number of sulfonamides is 1. The summed E-state index contributed by atoms with van der Waals surface area (Å²) in [4.78, 5) is 11.3. The van der Waals surface area contributed by atoms with E-state index in [1.807, 2.05) is 6.92 Å². The topological polar surface area (TPSA) is 98.9 Å². The minimum Gasteiger partial charge on any atom is -0.497 e. The quantitative estimate of drug-likeness (QED) is 0.639. The van der Waals surface area contributed by atoms with Gasteiger partial charge in [0.15, 0.2) is 0 Å². The second kappa shape index (κ2) is 9.61. The summed E-state index contributed by atoms with van der Waals surface area (Å²) in [6.07, 6.45) is 0.501. The van der Waals surface area contributed by atoms with Crippen LogP contribution in [0, 0.1) is 0 Å². The van der Waals surface area contributed by atoms with E-state index >= 15 is 0 Å². The number of carbonyl (C=O) groups is 1. The fourth-order valence-electron chi connectivity index (χ4n) is 2.17. The number of nitrogens with two attached hydrogens (primary N) is 1. The van der Waals surface area contributed by atoms with Crippen molar-refractivity contribution in [2.24, 2.45) is 5.73 Å². The van der Waals surface area contributed by atoms with E-state index in [0.717, 1.165) is 10.7 Å². The molecule has 1 amide bonds. The first-order valence-corrected chi connectivity index (χ1v) is 9.40. The van der Waals surface area contributed by atoms with Crippen LogP contribution in [0.15, 0.2) is 24.3 Å². The summed E-state index contributed by atoms with van der Waals surface area (Å²) in [7, 11) is -2.20. The number of methoxy groups -OCH3 is 1. The molecular weight excluding hydrogens is 332 g/mol. The minimum absolute atomic E-state index is 0.0786. The van der Waals surface area contributed by atoms with Crippen molar-refractivity contribution in [3.8, 4) is 5.75 Å². The summed E-state index contributed by atoms with van der Waals surface area (Å²) in [5, 5.41) is 0. The van der Waals surface area contributed by atoms with E-state index in [9.17, 15) is 13.2 Å². The molecule has 24 heavy (non-hydrogen) atoms. The van der Waals surface area contributed by atoms with Gasteiger partial charge in [0.2, 0.25) is 15.9 Å². The summed E-state index contributed by atoms with van der Waals surface area (Å²) >= 11 is 0. The fraction of sp³-hybridized carbons (Fsp3) is 0.562. The maximum atomic E-state index is 12.7. The lowest BCUT2D eigenvalue weighted by Crippen LogP contribution is -2.43. The Morgan fingerprint density at radius 3 is 2.67 bits per heavy atom. The Morgan fingerprint density at radius 1 is 1.38 bits per heavy atom. The van der Waals surface area contributed by atoms with Gasteiger partial charge in [-0.3, -0.25) is 4.79 Å². The molecule has 0 radical (unpaired) electrons. The molecule has 136 valence electrons. The van der Waals surface area contributed by atoms with Gasteiger partial charge in [-0.1, -0.05) is 19.1 Å². The Balaban J connectivity index is 2.90. The molecule has 1 aromatic rings. The number of hydrogen-bond acceptors (Lipinski definition) is 5. The zero-order valence-electron chi connectivity index (χ0n) is 14.4. The summed E-state index contributed by atoms with van der Waals surface area (Å²) in [6, 6.07) is 6.80. The van der Waals surface area contributed by atoms with Crippen molar-refractivity contribution in [2.75, 3.05) is 26.8 Å². The molecule has 7 nitrogen and oxygen atoms in total. The van der Waals surface area contributed by atoms with Crippen LogP contribution < -0.4 is 10.5 Å². The Hall–Kier alpha value is -1.64. The molecule has 0 aliphatic heterocycles. The van der Waals surface area contributed by atoms with Gasteiger partial charge in [-0.05, 0) is 31.0 Å². The smallest absolute Gasteiger partial charge is 0.232 e. The normalized spacial score (nSPS) is 13.0. The molecule has 0 aromatic heterocycles. The number of hydrogen-bond donors (Lipinski definition) is 1. The molecule has 0 aliphatic rings. The number of benzene rings is 1. The molecule has 0 saturated carbocycles. The van der Waals surface area contributed by atoms with Crippen molar-refractivity contribution < 1.29 is 22.7 Å². The van der Waals surface area contributed by atoms with Gasteiger partial charge in [0.05, 0.1) is 25.5 Å². The standard InChI is InChI=1S/C16H26N2O5S/c1-4-8-23-13(2)10-18(11-16(17)19)24(20,21)12-14-6-5-7-15(9-14)22-3/h5-7,9,13H,4,8,10-12H2,1-3H3,(H2,17,19). The van der Waals surface area contributed by atoms with E-state index in [-0.39, 0.29) is 24.9 Å². The second-order valence-corrected chi connectivity index (χ2v) is 7.52. The van der Waals surface area contributed by atoms with Gasteiger partial charge in [-0.25, -0.2) is 8.42 Å². The van der Waals surface area contributed by atoms with Crippen LogP contribution in [-0.2, 0) is 25.3 Å². The van der Waals surface area contributed by atoms with Crippen molar-refractivity contribution in [3.63, 3.8) is 0 Å². The number of nitrogens with zero attached hydrogens (tertiary/aromatic N) is 1. The largest absolute Gasteiger partial charge is 0.497 e. The molecule has 0 saturated heterocycles. The summed E-state index contributed by atoms with van der Waals surface area (Å²) < 4.78 is 37.0. The first-order valence-electron chi connectivity index (χ1n) is 7.79. The van der Waals surface area contributed by atoms with Crippen molar-refractivity contribution in [3.05, 3.63) is 29.8 Å². The maximum absolute atomic E-state index is 12.7. The number of ether oxygens (including phenoxy) is 2. The summed E-state index contributed by atoms with van der Waals surface area (Å²) in [5.74, 6) is -0.367. The zero-order valence-corrected chi connectivity index (χ0v) is 15.2. The average molecular weight is 358 g/mol. The Kier molecular flexibility index (Phi) is 8.17. The van der Waals surface area contributed by atoms with E-state index in [2.05, 4.69) is 0 Å². The van der Waals surface area contributed by atoms with E-state index < -0.39 is 15.9 Å². The molecule has 1 aromatic carbocycles. The number of carbonyl (C=O) groups excluding carboxylic acids is 1. The molecule has 1 rings (SSSR count). The van der Waals surface area contributed by atoms with Crippen LogP contribution in [0.5, 0.6) is 5.75 Å². The SMILES string of the molecule is CCCOC(C)CN(CC(N)=O)S(=O)(=O)Cc1cccc(OC)c1. The van der Waals surface area contributed by atoms with Crippen LogP contribution in [0.3, 0.4) is 0 Å². The highest BCUT2D eigenvalue weighted by Crippen LogP contribution is 2.17. The minimum atomic E-state index is -3.72. The van der Waals surface area contributed by atoms with E-state index in [4.69, 9.17) is 15.2 Å². The van der Waals surface area contributed by atoms with Gasteiger partial charge in [-0.2, -0.15) is 4.31 Å². The van der Waals surface area contributed by atoms with Crippen molar-refractivity contribution in [1.82, 2.24) is 4.31 Å². The van der Waals surface area contributed by atoms with Crippen molar-refractivity contribution >= 4 is 15.9 Å². The Labute approximate surface area is 143 Å². The molecule has 0 spiro atoms. The molecule has 1 atom stereocenters. The number of primary amides is 1. The first kappa shape index (κ1) is 20.4. The summed E-state index contributed by atoms with van der Waals surface area (Å²) in [6.45, 7) is 3.97. The molecule has 8 heteroatoms. The van der Waals surface area contributed by atoms with Gasteiger partial charge >= 0.3 is 0 Å². The zero-order chi connectivity index (χ0) is 18.2. The molecule has 0 bridgehead atoms. The Morgan fingerprint density at radius 2 is 2.08 bits per heavy atom. The second-order valence-electron chi connectivity index (χ2n) is 5.55. The number of rotatable bonds is 11. The third kappa shape index (κ3) is 6.86. The molecule has 2 N–H and O–H groups in total. The fourth-order valence-corrected chi connectivity index (χ4v) is 3.72. The van der Waals surface area contributed by atoms with Crippen LogP contribution in [-0.4, -0.2) is 51.5 Å². The maximum Gasteiger partial charge on any atom is 0.232 e. The highest BCUT2D eigenvalue weighted by atomic mass is 32.2. The van der Waals surface area contributed by atoms with Gasteiger partial charge in [0.25, 0.3) is 0 Å². The van der Waals surface area contributed by atoms with E-state index in [1.54, 1.807) is 31.2 Å². The van der Waals surface area contributed by atoms with E-state index in [1.165, 1.54) is 7.11 Å². The van der Waals surface area contributed by atoms with Crippen molar-refractivity contribution in [2.45, 2.75) is 32.1 Å². The van der Waals surface area contributed by atoms with Crippen molar-refractivity contribution in [1.29, 1.82) is 0 Å². The molecule has 1 unspecified atom stereocenters.